The highest BCUT2D eigenvalue weighted by Crippen LogP contribution is 2.34. The summed E-state index contributed by atoms with van der Waals surface area (Å²) in [5, 5.41) is 0. The average Bonchev–Trinajstić information content (AvgIpc) is 3.56. The summed E-state index contributed by atoms with van der Waals surface area (Å²) < 4.78 is 44.2. The molecule has 3 aromatic rings. The number of carbonyl (C=O) groups is 1. The highest BCUT2D eigenvalue weighted by atomic mass is 19.1. The summed E-state index contributed by atoms with van der Waals surface area (Å²) in [6, 6.07) is 12.7. The second-order valence-electron chi connectivity index (χ2n) is 9.20. The number of likely N-dealkylation sites (tertiary alicyclic amines) is 1. The van der Waals surface area contributed by atoms with Crippen molar-refractivity contribution in [3.05, 3.63) is 83.3 Å². The zero-order valence-corrected chi connectivity index (χ0v) is 19.6. The number of likely N-dealkylation sites (N-methyl/N-ethyl adjacent to an activating group) is 1. The molecule has 0 aliphatic carbocycles. The summed E-state index contributed by atoms with van der Waals surface area (Å²) >= 11 is 0. The molecule has 1 aromatic heterocycles. The summed E-state index contributed by atoms with van der Waals surface area (Å²) in [5.74, 6) is 0.511. The molecule has 2 aromatic carbocycles. The van der Waals surface area contributed by atoms with E-state index in [9.17, 15) is 13.6 Å². The number of amides is 1. The van der Waals surface area contributed by atoms with Crippen LogP contribution in [0.5, 0.6) is 11.5 Å². The van der Waals surface area contributed by atoms with Gasteiger partial charge in [-0.1, -0.05) is 12.1 Å². The first-order chi connectivity index (χ1) is 17.0. The minimum absolute atomic E-state index is 0.163. The van der Waals surface area contributed by atoms with Gasteiger partial charge in [0.15, 0.2) is 17.3 Å². The Hall–Kier alpha value is -3.39. The Bertz CT molecular complexity index is 1180. The van der Waals surface area contributed by atoms with Crippen molar-refractivity contribution < 1.29 is 27.5 Å². The van der Waals surface area contributed by atoms with Crippen LogP contribution in [0, 0.1) is 17.6 Å². The topological polar surface area (TPSA) is 55.2 Å². The van der Waals surface area contributed by atoms with Gasteiger partial charge in [-0.25, -0.2) is 8.78 Å². The Kier molecular flexibility index (Phi) is 6.72. The summed E-state index contributed by atoms with van der Waals surface area (Å²) in [5.41, 5.74) is 1.56. The number of ether oxygens (including phenoxy) is 2. The number of hydrogen-bond acceptors (Lipinski definition) is 5. The molecule has 2 aliphatic rings. The molecule has 1 fully saturated rings. The van der Waals surface area contributed by atoms with Crippen molar-refractivity contribution >= 4 is 5.91 Å². The normalized spacial score (nSPS) is 16.9. The lowest BCUT2D eigenvalue weighted by atomic mass is 9.84. The molecular weight excluding hydrogens is 454 g/mol. The molecule has 1 saturated heterocycles. The number of piperidine rings is 1. The summed E-state index contributed by atoms with van der Waals surface area (Å²) in [6.45, 7) is 2.75. The Morgan fingerprint density at radius 2 is 1.89 bits per heavy atom. The van der Waals surface area contributed by atoms with Gasteiger partial charge in [-0.05, 0) is 79.7 Å². The molecular formula is C27H28F2N2O4. The van der Waals surface area contributed by atoms with Gasteiger partial charge in [0, 0.05) is 25.7 Å². The molecule has 6 nitrogen and oxygen atoms in total. The molecule has 8 heteroatoms. The predicted molar refractivity (Wildman–Crippen MR) is 125 cm³/mol. The van der Waals surface area contributed by atoms with Gasteiger partial charge in [0.2, 0.25) is 6.79 Å². The molecule has 0 unspecified atom stereocenters. The molecule has 2 aliphatic heterocycles. The third kappa shape index (κ3) is 5.17. The van der Waals surface area contributed by atoms with E-state index >= 15 is 0 Å². The molecule has 0 radical (unpaired) electrons. The number of fused-ring (bicyclic) bond motifs is 1. The van der Waals surface area contributed by atoms with E-state index in [1.165, 1.54) is 18.4 Å². The number of halogens is 2. The number of hydrogen-bond donors (Lipinski definition) is 0. The van der Waals surface area contributed by atoms with E-state index in [0.717, 1.165) is 55.6 Å². The molecule has 5 rings (SSSR count). The summed E-state index contributed by atoms with van der Waals surface area (Å²) in [7, 11) is 1.73. The Balaban J connectivity index is 1.28. The van der Waals surface area contributed by atoms with Crippen LogP contribution in [0.2, 0.25) is 0 Å². The van der Waals surface area contributed by atoms with E-state index in [1.54, 1.807) is 24.1 Å². The molecule has 1 amide bonds. The quantitative estimate of drug-likeness (QED) is 0.480. The highest BCUT2D eigenvalue weighted by molar-refractivity contribution is 5.91. The Morgan fingerprint density at radius 3 is 2.63 bits per heavy atom. The van der Waals surface area contributed by atoms with Crippen molar-refractivity contribution in [2.45, 2.75) is 31.8 Å². The zero-order chi connectivity index (χ0) is 24.4. The maximum absolute atomic E-state index is 14.5. The molecule has 0 spiro atoms. The van der Waals surface area contributed by atoms with Crippen LogP contribution in [0.25, 0.3) is 0 Å². The number of carbonyl (C=O) groups excluding carboxylic acids is 1. The smallest absolute Gasteiger partial charge is 0.289 e. The van der Waals surface area contributed by atoms with Gasteiger partial charge >= 0.3 is 0 Å². The number of nitrogens with zero attached hydrogens (tertiary/aromatic N) is 2. The fourth-order valence-corrected chi connectivity index (χ4v) is 5.05. The lowest BCUT2D eigenvalue weighted by Crippen LogP contribution is -2.47. The van der Waals surface area contributed by atoms with E-state index in [2.05, 4.69) is 11.0 Å². The maximum atomic E-state index is 14.5. The van der Waals surface area contributed by atoms with Gasteiger partial charge in [-0.3, -0.25) is 9.69 Å². The van der Waals surface area contributed by atoms with E-state index < -0.39 is 11.6 Å². The number of benzene rings is 2. The summed E-state index contributed by atoms with van der Waals surface area (Å²) in [6.07, 6.45) is 3.48. The third-order valence-electron chi connectivity index (χ3n) is 7.01. The van der Waals surface area contributed by atoms with Crippen LogP contribution in [-0.2, 0) is 13.0 Å². The molecule has 0 saturated carbocycles. The van der Waals surface area contributed by atoms with Crippen LogP contribution in [0.3, 0.4) is 0 Å². The van der Waals surface area contributed by atoms with Crippen molar-refractivity contribution in [3.8, 4) is 11.5 Å². The van der Waals surface area contributed by atoms with E-state index in [4.69, 9.17) is 13.9 Å². The first-order valence-corrected chi connectivity index (χ1v) is 11.8. The second kappa shape index (κ2) is 10.1. The molecule has 184 valence electrons. The van der Waals surface area contributed by atoms with Crippen molar-refractivity contribution in [2.24, 2.45) is 5.92 Å². The van der Waals surface area contributed by atoms with Crippen LogP contribution in [0.1, 0.15) is 34.5 Å². The molecule has 3 heterocycles. The van der Waals surface area contributed by atoms with Crippen molar-refractivity contribution in [1.29, 1.82) is 0 Å². The minimum atomic E-state index is -0.611. The molecule has 0 N–H and O–H groups in total. The van der Waals surface area contributed by atoms with Gasteiger partial charge in [-0.2, -0.15) is 0 Å². The van der Waals surface area contributed by atoms with Crippen molar-refractivity contribution in [3.63, 3.8) is 0 Å². The van der Waals surface area contributed by atoms with Crippen LogP contribution in [0.4, 0.5) is 8.78 Å². The van der Waals surface area contributed by atoms with Crippen LogP contribution in [0.15, 0.2) is 59.2 Å². The third-order valence-corrected chi connectivity index (χ3v) is 7.01. The first-order valence-electron chi connectivity index (χ1n) is 11.8. The van der Waals surface area contributed by atoms with Gasteiger partial charge in [0.1, 0.15) is 11.6 Å². The SMILES string of the molecule is CN(C(=O)c1ccco1)[C@H](Cc1ccc(F)cc1F)C1CCN(Cc2ccc3c(c2)OCO3)CC1. The largest absolute Gasteiger partial charge is 0.459 e. The van der Waals surface area contributed by atoms with Gasteiger partial charge < -0.3 is 18.8 Å². The lowest BCUT2D eigenvalue weighted by Gasteiger charge is -2.40. The second-order valence-corrected chi connectivity index (χ2v) is 9.20. The van der Waals surface area contributed by atoms with Gasteiger partial charge in [0.25, 0.3) is 5.91 Å². The molecule has 35 heavy (non-hydrogen) atoms. The lowest BCUT2D eigenvalue weighted by molar-refractivity contribution is 0.0554. The fraction of sp³-hybridized carbons (Fsp3) is 0.370. The van der Waals surface area contributed by atoms with E-state index in [-0.39, 0.29) is 30.4 Å². The fourth-order valence-electron chi connectivity index (χ4n) is 5.05. The van der Waals surface area contributed by atoms with Gasteiger partial charge in [0.05, 0.1) is 6.26 Å². The molecule has 1 atom stereocenters. The van der Waals surface area contributed by atoms with Crippen molar-refractivity contribution in [1.82, 2.24) is 9.80 Å². The number of rotatable bonds is 7. The Labute approximate surface area is 203 Å². The number of furan rings is 1. The van der Waals surface area contributed by atoms with E-state index in [0.29, 0.717) is 12.0 Å². The van der Waals surface area contributed by atoms with Gasteiger partial charge in [-0.15, -0.1) is 0 Å². The predicted octanol–water partition coefficient (Wildman–Crippen LogP) is 4.88. The van der Waals surface area contributed by atoms with Crippen LogP contribution >= 0.6 is 0 Å². The monoisotopic (exact) mass is 482 g/mol. The average molecular weight is 483 g/mol. The highest BCUT2D eigenvalue weighted by Gasteiger charge is 2.33. The first kappa shape index (κ1) is 23.4. The minimum Gasteiger partial charge on any atom is -0.459 e. The van der Waals surface area contributed by atoms with Crippen LogP contribution in [-0.4, -0.2) is 48.7 Å². The van der Waals surface area contributed by atoms with Crippen LogP contribution < -0.4 is 9.47 Å². The summed E-state index contributed by atoms with van der Waals surface area (Å²) in [4.78, 5) is 17.1. The standard InChI is InChI=1S/C27H28F2N2O4/c1-30(27(32)25-3-2-12-33-25)23(14-20-5-6-21(28)15-22(20)29)19-8-10-31(11-9-19)16-18-4-7-24-26(13-18)35-17-34-24/h2-7,12-13,15,19,23H,8-11,14,16-17H2,1H3/t23-/m1/s1. The Morgan fingerprint density at radius 1 is 1.09 bits per heavy atom. The zero-order valence-electron chi connectivity index (χ0n) is 19.6. The maximum Gasteiger partial charge on any atom is 0.289 e. The van der Waals surface area contributed by atoms with E-state index in [1.807, 2.05) is 12.1 Å². The van der Waals surface area contributed by atoms with Crippen molar-refractivity contribution in [2.75, 3.05) is 26.9 Å². The molecule has 0 bridgehead atoms.